The number of aromatic nitrogens is 2. The number of alkyl halides is 2. The molecule has 0 radical (unpaired) electrons. The Bertz CT molecular complexity index is 304. The molecular weight excluding hydrogens is 176 g/mol. The lowest BCUT2D eigenvalue weighted by molar-refractivity contribution is 0.145. The first-order valence-corrected chi connectivity index (χ1v) is 3.83. The van der Waals surface area contributed by atoms with Crippen molar-refractivity contribution in [3.63, 3.8) is 0 Å². The van der Waals surface area contributed by atoms with Gasteiger partial charge in [-0.3, -0.25) is 4.68 Å². The van der Waals surface area contributed by atoms with Gasteiger partial charge in [-0.25, -0.2) is 8.78 Å². The first-order chi connectivity index (χ1) is 6.15. The van der Waals surface area contributed by atoms with Crippen LogP contribution in [0.15, 0.2) is 12.3 Å². The Morgan fingerprint density at radius 3 is 2.92 bits per heavy atom. The van der Waals surface area contributed by atoms with Gasteiger partial charge in [-0.15, -0.1) is 0 Å². The molecule has 0 fully saturated rings. The minimum Gasteiger partial charge on any atom is -0.327 e. The van der Waals surface area contributed by atoms with Crippen molar-refractivity contribution in [3.05, 3.63) is 23.5 Å². The fourth-order valence-electron chi connectivity index (χ4n) is 1.02. The van der Waals surface area contributed by atoms with Gasteiger partial charge in [-0.05, 0) is 0 Å². The topological polar surface area (TPSA) is 43.8 Å². The largest absolute Gasteiger partial charge is 0.327 e. The lowest BCUT2D eigenvalue weighted by Gasteiger charge is -1.93. The molecule has 0 aliphatic carbocycles. The predicted octanol–water partition coefficient (Wildman–Crippen LogP) is 1.33. The van der Waals surface area contributed by atoms with Crippen LogP contribution in [-0.4, -0.2) is 16.3 Å². The van der Waals surface area contributed by atoms with E-state index in [1.807, 2.05) is 0 Å². The molecule has 0 aliphatic heterocycles. The normalized spacial score (nSPS) is 11.8. The summed E-state index contributed by atoms with van der Waals surface area (Å²) >= 11 is 0. The number of rotatable bonds is 3. The maximum atomic E-state index is 12.3. The molecule has 0 spiro atoms. The molecule has 0 unspecified atom stereocenters. The summed E-state index contributed by atoms with van der Waals surface area (Å²) in [6.07, 6.45) is 2.16. The van der Waals surface area contributed by atoms with Gasteiger partial charge in [0.2, 0.25) is 0 Å². The average molecular weight is 187 g/mol. The molecule has 1 heterocycles. The van der Waals surface area contributed by atoms with Crippen molar-refractivity contribution < 1.29 is 8.78 Å². The molecule has 0 aliphatic rings. The number of nitrogens with zero attached hydrogens (tertiary/aromatic N) is 2. The standard InChI is InChI=1S/C8H11F2N3/c1-13-5-6(3-2-4-11)7(12-13)8(9)10/h2-3,5,8H,4,11H2,1H3/b3-2+. The molecule has 0 saturated carbocycles. The molecular formula is C8H11F2N3. The van der Waals surface area contributed by atoms with E-state index in [1.165, 1.54) is 10.9 Å². The molecule has 0 atom stereocenters. The van der Waals surface area contributed by atoms with Crippen LogP contribution in [0, 0.1) is 0 Å². The van der Waals surface area contributed by atoms with E-state index in [2.05, 4.69) is 5.10 Å². The lowest BCUT2D eigenvalue weighted by Crippen LogP contribution is -1.93. The zero-order chi connectivity index (χ0) is 9.84. The zero-order valence-corrected chi connectivity index (χ0v) is 7.24. The van der Waals surface area contributed by atoms with E-state index in [-0.39, 0.29) is 5.69 Å². The fraction of sp³-hybridized carbons (Fsp3) is 0.375. The molecule has 0 bridgehead atoms. The van der Waals surface area contributed by atoms with E-state index < -0.39 is 6.43 Å². The van der Waals surface area contributed by atoms with Gasteiger partial charge < -0.3 is 5.73 Å². The first-order valence-electron chi connectivity index (χ1n) is 3.83. The van der Waals surface area contributed by atoms with Gasteiger partial charge in [0, 0.05) is 25.4 Å². The van der Waals surface area contributed by atoms with Gasteiger partial charge in [-0.2, -0.15) is 5.10 Å². The van der Waals surface area contributed by atoms with Gasteiger partial charge in [0.1, 0.15) is 5.69 Å². The van der Waals surface area contributed by atoms with Crippen LogP contribution in [0.4, 0.5) is 8.78 Å². The van der Waals surface area contributed by atoms with Crippen molar-refractivity contribution >= 4 is 6.08 Å². The molecule has 2 N–H and O–H groups in total. The Hall–Kier alpha value is -1.23. The monoisotopic (exact) mass is 187 g/mol. The number of nitrogens with two attached hydrogens (primary N) is 1. The van der Waals surface area contributed by atoms with Gasteiger partial charge in [0.25, 0.3) is 6.43 Å². The van der Waals surface area contributed by atoms with Gasteiger partial charge >= 0.3 is 0 Å². The van der Waals surface area contributed by atoms with E-state index in [1.54, 1.807) is 19.2 Å². The Kier molecular flexibility index (Phi) is 3.13. The van der Waals surface area contributed by atoms with Gasteiger partial charge in [0.15, 0.2) is 0 Å². The second-order valence-electron chi connectivity index (χ2n) is 2.58. The third kappa shape index (κ3) is 2.35. The van der Waals surface area contributed by atoms with Crippen molar-refractivity contribution in [2.75, 3.05) is 6.54 Å². The second kappa shape index (κ2) is 4.13. The Labute approximate surface area is 74.8 Å². The molecule has 0 saturated heterocycles. The number of hydrogen-bond acceptors (Lipinski definition) is 2. The Morgan fingerprint density at radius 2 is 2.38 bits per heavy atom. The van der Waals surface area contributed by atoms with Crippen LogP contribution in [0.2, 0.25) is 0 Å². The van der Waals surface area contributed by atoms with Crippen LogP contribution in [-0.2, 0) is 7.05 Å². The predicted molar refractivity (Wildman–Crippen MR) is 46.3 cm³/mol. The first kappa shape index (κ1) is 9.85. The smallest absolute Gasteiger partial charge is 0.282 e. The quantitative estimate of drug-likeness (QED) is 0.775. The average Bonchev–Trinajstić information content (AvgIpc) is 2.43. The van der Waals surface area contributed by atoms with Crippen LogP contribution in [0.5, 0.6) is 0 Å². The van der Waals surface area contributed by atoms with Crippen LogP contribution >= 0.6 is 0 Å². The second-order valence-corrected chi connectivity index (χ2v) is 2.58. The highest BCUT2D eigenvalue weighted by Gasteiger charge is 2.14. The molecule has 3 nitrogen and oxygen atoms in total. The summed E-state index contributed by atoms with van der Waals surface area (Å²) in [5.41, 5.74) is 5.43. The fourth-order valence-corrected chi connectivity index (χ4v) is 1.02. The third-order valence-corrected chi connectivity index (χ3v) is 1.53. The maximum Gasteiger partial charge on any atom is 0.282 e. The molecule has 1 rings (SSSR count). The minimum atomic E-state index is -2.54. The SMILES string of the molecule is Cn1cc(/C=C/CN)c(C(F)F)n1. The summed E-state index contributed by atoms with van der Waals surface area (Å²) in [6.45, 7) is 0.331. The molecule has 1 aromatic heterocycles. The molecule has 5 heteroatoms. The van der Waals surface area contributed by atoms with E-state index in [0.29, 0.717) is 12.1 Å². The lowest BCUT2D eigenvalue weighted by atomic mass is 10.2. The van der Waals surface area contributed by atoms with Crippen molar-refractivity contribution in [1.82, 2.24) is 9.78 Å². The Morgan fingerprint density at radius 1 is 1.69 bits per heavy atom. The summed E-state index contributed by atoms with van der Waals surface area (Å²) in [5, 5.41) is 3.64. The third-order valence-electron chi connectivity index (χ3n) is 1.53. The highest BCUT2D eigenvalue weighted by atomic mass is 19.3. The van der Waals surface area contributed by atoms with Crippen molar-refractivity contribution in [2.45, 2.75) is 6.43 Å². The summed E-state index contributed by atoms with van der Waals surface area (Å²) in [6, 6.07) is 0. The molecule has 13 heavy (non-hydrogen) atoms. The van der Waals surface area contributed by atoms with Crippen molar-refractivity contribution in [1.29, 1.82) is 0 Å². The van der Waals surface area contributed by atoms with Crippen molar-refractivity contribution in [3.8, 4) is 0 Å². The number of hydrogen-bond donors (Lipinski definition) is 1. The van der Waals surface area contributed by atoms with Gasteiger partial charge in [-0.1, -0.05) is 12.2 Å². The summed E-state index contributed by atoms with van der Waals surface area (Å²) in [7, 11) is 1.60. The van der Waals surface area contributed by atoms with Crippen molar-refractivity contribution in [2.24, 2.45) is 12.8 Å². The van der Waals surface area contributed by atoms with E-state index in [0.717, 1.165) is 0 Å². The van der Waals surface area contributed by atoms with E-state index in [4.69, 9.17) is 5.73 Å². The van der Waals surface area contributed by atoms with Crippen LogP contribution in [0.1, 0.15) is 17.7 Å². The summed E-state index contributed by atoms with van der Waals surface area (Å²) in [4.78, 5) is 0. The highest BCUT2D eigenvalue weighted by Crippen LogP contribution is 2.21. The van der Waals surface area contributed by atoms with E-state index >= 15 is 0 Å². The Balaban J connectivity index is 2.97. The van der Waals surface area contributed by atoms with Crippen LogP contribution in [0.25, 0.3) is 6.08 Å². The molecule has 0 amide bonds. The van der Waals surface area contributed by atoms with E-state index in [9.17, 15) is 8.78 Å². The van der Waals surface area contributed by atoms with Gasteiger partial charge in [0.05, 0.1) is 0 Å². The van der Waals surface area contributed by atoms with Crippen LogP contribution in [0.3, 0.4) is 0 Å². The number of aryl methyl sites for hydroxylation is 1. The maximum absolute atomic E-state index is 12.3. The molecule has 1 aromatic rings. The molecule has 0 aromatic carbocycles. The highest BCUT2D eigenvalue weighted by molar-refractivity contribution is 5.51. The number of halogens is 2. The molecule has 72 valence electrons. The minimum absolute atomic E-state index is 0.202. The summed E-state index contributed by atoms with van der Waals surface area (Å²) in [5.74, 6) is 0. The van der Waals surface area contributed by atoms with Crippen LogP contribution < -0.4 is 5.73 Å². The zero-order valence-electron chi connectivity index (χ0n) is 7.24. The summed E-state index contributed by atoms with van der Waals surface area (Å²) < 4.78 is 26.0.